The molecule has 2 aliphatic rings. The number of rotatable bonds is 5. The lowest BCUT2D eigenvalue weighted by atomic mass is 10.0. The van der Waals surface area contributed by atoms with Crippen molar-refractivity contribution in [1.29, 1.82) is 0 Å². The van der Waals surface area contributed by atoms with Crippen LogP contribution in [0.2, 0.25) is 5.02 Å². The summed E-state index contributed by atoms with van der Waals surface area (Å²) in [5.41, 5.74) is 3.85. The number of anilines is 1. The zero-order valence-corrected chi connectivity index (χ0v) is 21.1. The topological polar surface area (TPSA) is 90.0 Å². The highest BCUT2D eigenvalue weighted by Gasteiger charge is 2.41. The van der Waals surface area contributed by atoms with Gasteiger partial charge in [0.25, 0.3) is 11.8 Å². The second kappa shape index (κ2) is 9.70. The molecule has 0 radical (unpaired) electrons. The second-order valence-corrected chi connectivity index (χ2v) is 9.73. The number of hydrogen-bond donors (Lipinski definition) is 1. The molecule has 2 heterocycles. The summed E-state index contributed by atoms with van der Waals surface area (Å²) in [7, 11) is 1.45. The van der Waals surface area contributed by atoms with Crippen molar-refractivity contribution in [2.45, 2.75) is 58.8 Å². The van der Waals surface area contributed by atoms with E-state index in [4.69, 9.17) is 11.6 Å². The quantitative estimate of drug-likeness (QED) is 0.636. The number of likely N-dealkylation sites (tertiary alicyclic amines) is 1. The molecule has 0 aromatic heterocycles. The van der Waals surface area contributed by atoms with Crippen LogP contribution in [-0.2, 0) is 22.7 Å². The molecule has 1 N–H and O–H groups in total. The molecule has 1 saturated heterocycles. The average molecular weight is 497 g/mol. The van der Waals surface area contributed by atoms with Crippen molar-refractivity contribution in [3.8, 4) is 0 Å². The lowest BCUT2D eigenvalue weighted by Gasteiger charge is -2.33. The molecule has 35 heavy (non-hydrogen) atoms. The van der Waals surface area contributed by atoms with E-state index >= 15 is 0 Å². The van der Waals surface area contributed by atoms with E-state index in [1.54, 1.807) is 28.0 Å². The van der Waals surface area contributed by atoms with E-state index in [0.29, 0.717) is 29.2 Å². The van der Waals surface area contributed by atoms with Gasteiger partial charge in [0.2, 0.25) is 5.91 Å². The SMILES string of the molecule is Cc1ccc(N(C(=O)NCc2ccc3c(c2)CN(C2CCC(=O)N(C)C2=O)C3=O)C(C)C)cc1Cl. The van der Waals surface area contributed by atoms with Crippen molar-refractivity contribution < 1.29 is 19.2 Å². The van der Waals surface area contributed by atoms with Crippen LogP contribution in [0.25, 0.3) is 0 Å². The van der Waals surface area contributed by atoms with E-state index in [1.165, 1.54) is 7.05 Å². The van der Waals surface area contributed by atoms with Crippen molar-refractivity contribution in [2.24, 2.45) is 0 Å². The van der Waals surface area contributed by atoms with Gasteiger partial charge in [-0.25, -0.2) is 4.79 Å². The number of benzene rings is 2. The molecule has 4 rings (SSSR count). The molecule has 2 aliphatic heterocycles. The van der Waals surface area contributed by atoms with Crippen LogP contribution in [0.4, 0.5) is 10.5 Å². The van der Waals surface area contributed by atoms with E-state index in [2.05, 4.69) is 5.32 Å². The largest absolute Gasteiger partial charge is 0.334 e. The Morgan fingerprint density at radius 1 is 1.17 bits per heavy atom. The number of fused-ring (bicyclic) bond motifs is 1. The fourth-order valence-corrected chi connectivity index (χ4v) is 4.76. The van der Waals surface area contributed by atoms with Gasteiger partial charge in [-0.15, -0.1) is 0 Å². The fraction of sp³-hybridized carbons (Fsp3) is 0.385. The summed E-state index contributed by atoms with van der Waals surface area (Å²) >= 11 is 6.27. The summed E-state index contributed by atoms with van der Waals surface area (Å²) < 4.78 is 0. The Kier molecular flexibility index (Phi) is 6.85. The minimum atomic E-state index is -0.637. The van der Waals surface area contributed by atoms with E-state index in [1.807, 2.05) is 39.0 Å². The van der Waals surface area contributed by atoms with E-state index < -0.39 is 6.04 Å². The number of likely N-dealkylation sites (N-methyl/N-ethyl adjacent to an activating group) is 1. The predicted octanol–water partition coefficient (Wildman–Crippen LogP) is 3.88. The van der Waals surface area contributed by atoms with E-state index in [9.17, 15) is 19.2 Å². The van der Waals surface area contributed by atoms with E-state index in [0.717, 1.165) is 21.6 Å². The average Bonchev–Trinajstić information content (AvgIpc) is 3.14. The maximum absolute atomic E-state index is 13.0. The summed E-state index contributed by atoms with van der Waals surface area (Å²) in [6.45, 7) is 6.35. The van der Waals surface area contributed by atoms with E-state index in [-0.39, 0.29) is 42.8 Å². The number of imide groups is 1. The van der Waals surface area contributed by atoms with Crippen molar-refractivity contribution in [1.82, 2.24) is 15.1 Å². The van der Waals surface area contributed by atoms with Crippen molar-refractivity contribution >= 4 is 41.0 Å². The summed E-state index contributed by atoms with van der Waals surface area (Å²) in [6.07, 6.45) is 0.571. The number of urea groups is 1. The van der Waals surface area contributed by atoms with Crippen LogP contribution in [-0.4, -0.2) is 52.7 Å². The molecule has 0 spiro atoms. The van der Waals surface area contributed by atoms with Gasteiger partial charge in [0.15, 0.2) is 0 Å². The van der Waals surface area contributed by atoms with Crippen LogP contribution in [0.5, 0.6) is 0 Å². The Hall–Kier alpha value is -3.39. The molecule has 184 valence electrons. The molecule has 5 amide bonds. The fourth-order valence-electron chi connectivity index (χ4n) is 4.59. The van der Waals surface area contributed by atoms with Crippen LogP contribution >= 0.6 is 11.6 Å². The lowest BCUT2D eigenvalue weighted by Crippen LogP contribution is -2.53. The molecule has 2 aromatic carbocycles. The second-order valence-electron chi connectivity index (χ2n) is 9.33. The zero-order valence-electron chi connectivity index (χ0n) is 20.3. The summed E-state index contributed by atoms with van der Waals surface area (Å²) in [6, 6.07) is 9.99. The first-order chi connectivity index (χ1) is 16.6. The minimum Gasteiger partial charge on any atom is -0.334 e. The molecule has 0 aliphatic carbocycles. The predicted molar refractivity (Wildman–Crippen MR) is 133 cm³/mol. The normalized spacial score (nSPS) is 17.8. The molecular formula is C26H29ClN4O4. The molecule has 8 nitrogen and oxygen atoms in total. The van der Waals surface area contributed by atoms with Crippen LogP contribution in [0, 0.1) is 6.92 Å². The number of carbonyl (C=O) groups excluding carboxylic acids is 4. The van der Waals surface area contributed by atoms with Gasteiger partial charge in [-0.05, 0) is 62.1 Å². The van der Waals surface area contributed by atoms with Gasteiger partial charge in [0.1, 0.15) is 6.04 Å². The molecule has 9 heteroatoms. The van der Waals surface area contributed by atoms with Gasteiger partial charge in [0, 0.05) is 48.9 Å². The van der Waals surface area contributed by atoms with Gasteiger partial charge >= 0.3 is 6.03 Å². The van der Waals surface area contributed by atoms with Crippen LogP contribution in [0.3, 0.4) is 0 Å². The highest BCUT2D eigenvalue weighted by atomic mass is 35.5. The van der Waals surface area contributed by atoms with Gasteiger partial charge < -0.3 is 10.2 Å². The highest BCUT2D eigenvalue weighted by Crippen LogP contribution is 2.30. The Balaban J connectivity index is 1.45. The summed E-state index contributed by atoms with van der Waals surface area (Å²) in [5.74, 6) is -0.782. The smallest absolute Gasteiger partial charge is 0.322 e. The molecule has 1 unspecified atom stereocenters. The first kappa shape index (κ1) is 24.7. The highest BCUT2D eigenvalue weighted by molar-refractivity contribution is 6.31. The lowest BCUT2D eigenvalue weighted by molar-refractivity contribution is -0.150. The summed E-state index contributed by atoms with van der Waals surface area (Å²) in [4.78, 5) is 54.7. The van der Waals surface area contributed by atoms with Crippen molar-refractivity contribution in [2.75, 3.05) is 11.9 Å². The molecule has 1 atom stereocenters. The number of halogens is 1. The summed E-state index contributed by atoms with van der Waals surface area (Å²) in [5, 5.41) is 3.55. The number of aryl methyl sites for hydroxylation is 1. The number of carbonyl (C=O) groups is 4. The van der Waals surface area contributed by atoms with Gasteiger partial charge in [0.05, 0.1) is 0 Å². The molecule has 1 fully saturated rings. The van der Waals surface area contributed by atoms with Crippen LogP contribution < -0.4 is 10.2 Å². The Bertz CT molecular complexity index is 1210. The molecule has 0 bridgehead atoms. The number of piperidine rings is 1. The Labute approximate surface area is 209 Å². The standard InChI is InChI=1S/C26H29ClN4O4/c1-15(2)31(19-7-5-16(3)21(27)12-19)26(35)28-13-17-6-8-20-18(11-17)14-30(24(20)33)22-9-10-23(32)29(4)25(22)34/h5-8,11-12,15,22H,9-10,13-14H2,1-4H3,(H,28,35). The third-order valence-electron chi connectivity index (χ3n) is 6.61. The Morgan fingerprint density at radius 3 is 2.60 bits per heavy atom. The minimum absolute atomic E-state index is 0.0852. The monoisotopic (exact) mass is 496 g/mol. The van der Waals surface area contributed by atoms with Crippen molar-refractivity contribution in [3.05, 3.63) is 63.7 Å². The molecular weight excluding hydrogens is 468 g/mol. The van der Waals surface area contributed by atoms with Crippen LogP contribution in [0.15, 0.2) is 36.4 Å². The maximum atomic E-state index is 13.0. The van der Waals surface area contributed by atoms with Crippen LogP contribution in [0.1, 0.15) is 53.7 Å². The number of amides is 5. The molecule has 0 saturated carbocycles. The third kappa shape index (κ3) is 4.75. The third-order valence-corrected chi connectivity index (χ3v) is 7.02. The molecule has 2 aromatic rings. The van der Waals surface area contributed by atoms with Gasteiger partial charge in [-0.2, -0.15) is 0 Å². The van der Waals surface area contributed by atoms with Crippen molar-refractivity contribution in [3.63, 3.8) is 0 Å². The number of hydrogen-bond acceptors (Lipinski definition) is 4. The zero-order chi connectivity index (χ0) is 25.4. The Morgan fingerprint density at radius 2 is 1.91 bits per heavy atom. The first-order valence-corrected chi connectivity index (χ1v) is 12.0. The maximum Gasteiger partial charge on any atom is 0.322 e. The number of nitrogens with zero attached hydrogens (tertiary/aromatic N) is 3. The van der Waals surface area contributed by atoms with Gasteiger partial charge in [-0.3, -0.25) is 24.2 Å². The first-order valence-electron chi connectivity index (χ1n) is 11.6. The van der Waals surface area contributed by atoms with Gasteiger partial charge in [-0.1, -0.05) is 29.8 Å². The number of nitrogens with one attached hydrogen (secondary N) is 1.